The van der Waals surface area contributed by atoms with Gasteiger partial charge in [0.1, 0.15) is 5.82 Å². The lowest BCUT2D eigenvalue weighted by Crippen LogP contribution is -2.51. The number of hydrogen-bond donors (Lipinski definition) is 0. The second-order valence-corrected chi connectivity index (χ2v) is 8.39. The maximum Gasteiger partial charge on any atom is 0.424 e. The number of methoxy groups -OCH3 is 2. The molecular weight excluding hydrogens is 490 g/mol. The van der Waals surface area contributed by atoms with E-state index in [0.29, 0.717) is 23.6 Å². The van der Waals surface area contributed by atoms with E-state index in [0.717, 1.165) is 7.11 Å². The highest BCUT2D eigenvalue weighted by Crippen LogP contribution is 2.37. The van der Waals surface area contributed by atoms with E-state index in [1.165, 1.54) is 31.4 Å². The average Bonchev–Trinajstić information content (AvgIpc) is 2.82. The molecule has 0 aliphatic rings. The number of alkyl halides is 3. The van der Waals surface area contributed by atoms with Gasteiger partial charge in [-0.1, -0.05) is 24.6 Å². The zero-order chi connectivity index (χ0) is 26.0. The minimum Gasteiger partial charge on any atom is -0.467 e. The first kappa shape index (κ1) is 26.5. The van der Waals surface area contributed by atoms with Gasteiger partial charge in [0.05, 0.1) is 12.1 Å². The van der Waals surface area contributed by atoms with Crippen molar-refractivity contribution in [3.8, 4) is 28.8 Å². The van der Waals surface area contributed by atoms with E-state index in [9.17, 15) is 22.4 Å². The molecule has 6 nitrogen and oxygen atoms in total. The number of carbonyl (C=O) groups is 1. The number of Topliss-reactive ketones (excluding diaryl/α,β-unsaturated/α-hetero) is 1. The Morgan fingerprint density at radius 3 is 2.23 bits per heavy atom. The van der Waals surface area contributed by atoms with Gasteiger partial charge in [0, 0.05) is 24.7 Å². The number of aromatic nitrogens is 3. The van der Waals surface area contributed by atoms with Crippen LogP contribution in [0.4, 0.5) is 17.6 Å². The molecule has 2 atom stereocenters. The zero-order valence-corrected chi connectivity index (χ0v) is 20.0. The Labute approximate surface area is 204 Å². The molecule has 0 radical (unpaired) electrons. The lowest BCUT2D eigenvalue weighted by atomic mass is 9.88. The maximum atomic E-state index is 13.4. The Balaban J connectivity index is 1.98. The molecule has 3 aromatic rings. The summed E-state index contributed by atoms with van der Waals surface area (Å²) in [5.41, 5.74) is -1.51. The van der Waals surface area contributed by atoms with Gasteiger partial charge >= 0.3 is 12.2 Å². The van der Waals surface area contributed by atoms with Crippen LogP contribution in [0.2, 0.25) is 5.02 Å². The predicted molar refractivity (Wildman–Crippen MR) is 122 cm³/mol. The van der Waals surface area contributed by atoms with Gasteiger partial charge in [-0.2, -0.15) is 23.1 Å². The van der Waals surface area contributed by atoms with Gasteiger partial charge in [-0.3, -0.25) is 4.79 Å². The largest absolute Gasteiger partial charge is 0.467 e. The average molecular weight is 512 g/mol. The molecule has 1 aromatic heterocycles. The number of ketones is 1. The third-order valence-electron chi connectivity index (χ3n) is 5.67. The molecule has 3 rings (SSSR count). The highest BCUT2D eigenvalue weighted by molar-refractivity contribution is 6.33. The molecule has 2 aromatic carbocycles. The van der Waals surface area contributed by atoms with E-state index in [2.05, 4.69) is 19.7 Å². The Morgan fingerprint density at radius 2 is 1.66 bits per heavy atom. The quantitative estimate of drug-likeness (QED) is 0.343. The van der Waals surface area contributed by atoms with Crippen molar-refractivity contribution < 1.29 is 31.8 Å². The fourth-order valence-electron chi connectivity index (χ4n) is 3.30. The monoisotopic (exact) mass is 511 g/mol. The Hall–Kier alpha value is -3.11. The Kier molecular flexibility index (Phi) is 7.76. The van der Waals surface area contributed by atoms with Crippen LogP contribution in [0.1, 0.15) is 31.7 Å². The minimum atomic E-state index is -4.86. The highest BCUT2D eigenvalue weighted by atomic mass is 35.5. The molecular formula is C24H22ClF4N3O3. The lowest BCUT2D eigenvalue weighted by Gasteiger charge is -2.30. The number of benzene rings is 2. The van der Waals surface area contributed by atoms with Gasteiger partial charge in [-0.15, -0.1) is 0 Å². The van der Waals surface area contributed by atoms with E-state index in [-0.39, 0.29) is 22.7 Å². The maximum absolute atomic E-state index is 13.4. The highest BCUT2D eigenvalue weighted by Gasteiger charge is 2.57. The summed E-state index contributed by atoms with van der Waals surface area (Å²) in [5.74, 6) is -1.78. The molecule has 0 N–H and O–H groups in total. The van der Waals surface area contributed by atoms with Crippen molar-refractivity contribution in [1.82, 2.24) is 15.0 Å². The molecule has 35 heavy (non-hydrogen) atoms. The molecule has 1 heterocycles. The summed E-state index contributed by atoms with van der Waals surface area (Å²) in [6.45, 7) is 2.33. The van der Waals surface area contributed by atoms with Gasteiger partial charge in [-0.25, -0.2) is 9.37 Å². The van der Waals surface area contributed by atoms with Crippen LogP contribution in [0.25, 0.3) is 22.8 Å². The molecule has 0 aliphatic carbocycles. The molecule has 1 unspecified atom stereocenters. The number of hydrogen-bond acceptors (Lipinski definition) is 6. The standard InChI is InChI=1S/C24H22ClF4N3O3/c1-13(11-19(33)23(2,35-4)24(27,28)29)15-7-10-18(25)17(12-15)21-30-20(31-22(32-21)34-3)14-5-8-16(26)9-6-14/h5-10,12-13H,11H2,1-4H3/t13?,23-/m1/s1. The van der Waals surface area contributed by atoms with E-state index in [4.69, 9.17) is 16.3 Å². The van der Waals surface area contributed by atoms with Gasteiger partial charge in [0.2, 0.25) is 5.60 Å². The molecule has 11 heteroatoms. The molecule has 0 spiro atoms. The number of rotatable bonds is 8. The summed E-state index contributed by atoms with van der Waals surface area (Å²) in [6.07, 6.45) is -5.28. The van der Waals surface area contributed by atoms with Crippen LogP contribution in [0.5, 0.6) is 6.01 Å². The predicted octanol–water partition coefficient (Wildman–Crippen LogP) is 6.04. The minimum absolute atomic E-state index is 0.0138. The summed E-state index contributed by atoms with van der Waals surface area (Å²) in [4.78, 5) is 25.3. The first-order valence-electron chi connectivity index (χ1n) is 10.4. The summed E-state index contributed by atoms with van der Waals surface area (Å²) in [7, 11) is 2.22. The van der Waals surface area contributed by atoms with Crippen LogP contribution in [0, 0.1) is 5.82 Å². The smallest absolute Gasteiger partial charge is 0.424 e. The van der Waals surface area contributed by atoms with Crippen LogP contribution in [0.3, 0.4) is 0 Å². The van der Waals surface area contributed by atoms with Gasteiger partial charge in [0.25, 0.3) is 0 Å². The second kappa shape index (κ2) is 10.2. The molecule has 0 saturated carbocycles. The molecule has 186 valence electrons. The van der Waals surface area contributed by atoms with Crippen LogP contribution in [0.15, 0.2) is 42.5 Å². The van der Waals surface area contributed by atoms with Crippen LogP contribution < -0.4 is 4.74 Å². The number of halogens is 5. The van der Waals surface area contributed by atoms with Crippen LogP contribution in [-0.2, 0) is 9.53 Å². The number of nitrogens with zero attached hydrogens (tertiary/aromatic N) is 3. The topological polar surface area (TPSA) is 74.2 Å². The van der Waals surface area contributed by atoms with E-state index < -0.39 is 35.7 Å². The van der Waals surface area contributed by atoms with E-state index in [1.54, 1.807) is 25.1 Å². The van der Waals surface area contributed by atoms with Crippen molar-refractivity contribution in [3.63, 3.8) is 0 Å². The van der Waals surface area contributed by atoms with Crippen molar-refractivity contribution >= 4 is 17.4 Å². The first-order valence-corrected chi connectivity index (χ1v) is 10.8. The van der Waals surface area contributed by atoms with E-state index in [1.807, 2.05) is 0 Å². The fraction of sp³-hybridized carbons (Fsp3) is 0.333. The first-order chi connectivity index (χ1) is 16.4. The van der Waals surface area contributed by atoms with Crippen molar-refractivity contribution in [2.45, 2.75) is 38.0 Å². The van der Waals surface area contributed by atoms with Crippen molar-refractivity contribution in [2.75, 3.05) is 14.2 Å². The normalized spacial score (nSPS) is 14.3. The number of carbonyl (C=O) groups excluding carboxylic acids is 1. The van der Waals surface area contributed by atoms with Crippen LogP contribution >= 0.6 is 11.6 Å². The molecule has 0 saturated heterocycles. The lowest BCUT2D eigenvalue weighted by molar-refractivity contribution is -0.252. The van der Waals surface area contributed by atoms with Crippen molar-refractivity contribution in [3.05, 3.63) is 58.9 Å². The Morgan fingerprint density at radius 1 is 1.03 bits per heavy atom. The van der Waals surface area contributed by atoms with Gasteiger partial charge < -0.3 is 9.47 Å². The van der Waals surface area contributed by atoms with Crippen molar-refractivity contribution in [1.29, 1.82) is 0 Å². The molecule has 0 aliphatic heterocycles. The summed E-state index contributed by atoms with van der Waals surface area (Å²) in [6, 6.07) is 10.2. The molecule has 0 fully saturated rings. The second-order valence-electron chi connectivity index (χ2n) is 7.98. The zero-order valence-electron chi connectivity index (χ0n) is 19.3. The third-order valence-corrected chi connectivity index (χ3v) is 6.00. The summed E-state index contributed by atoms with van der Waals surface area (Å²) < 4.78 is 63.2. The van der Waals surface area contributed by atoms with Gasteiger partial charge in [-0.05, 0) is 54.8 Å². The molecule has 0 bridgehead atoms. The summed E-state index contributed by atoms with van der Waals surface area (Å²) >= 11 is 6.38. The molecule has 0 amide bonds. The van der Waals surface area contributed by atoms with Gasteiger partial charge in [0.15, 0.2) is 17.4 Å². The van der Waals surface area contributed by atoms with Crippen molar-refractivity contribution in [2.24, 2.45) is 0 Å². The third kappa shape index (κ3) is 5.59. The fourth-order valence-corrected chi connectivity index (χ4v) is 3.50. The van der Waals surface area contributed by atoms with E-state index >= 15 is 0 Å². The Bertz CT molecular complexity index is 1220. The summed E-state index contributed by atoms with van der Waals surface area (Å²) in [5, 5.41) is 0.266. The number of ether oxygens (including phenoxy) is 2. The SMILES string of the molecule is COc1nc(-c2ccc(F)cc2)nc(-c2cc(C(C)CC(=O)[C@@](C)(OC)C(F)(F)F)ccc2Cl)n1. The van der Waals surface area contributed by atoms with Crippen LogP contribution in [-0.4, -0.2) is 46.7 Å².